The van der Waals surface area contributed by atoms with Crippen LogP contribution in [0.5, 0.6) is 5.75 Å². The van der Waals surface area contributed by atoms with Gasteiger partial charge in [-0.05, 0) is 37.6 Å². The zero-order chi connectivity index (χ0) is 17.5. The van der Waals surface area contributed by atoms with Gasteiger partial charge in [0.25, 0.3) is 0 Å². The molecule has 6 nitrogen and oxygen atoms in total. The van der Waals surface area contributed by atoms with E-state index in [4.69, 9.17) is 10.5 Å². The topological polar surface area (TPSA) is 98.3 Å². The number of carbonyl (C=O) groups is 1. The summed E-state index contributed by atoms with van der Waals surface area (Å²) < 4.78 is 5.69. The average Bonchev–Trinajstić information content (AvgIpc) is 2.54. The number of ether oxygens (including phenoxy) is 1. The molecule has 6 heteroatoms. The first-order valence-electron chi connectivity index (χ1n) is 8.13. The van der Waals surface area contributed by atoms with Crippen LogP contribution in [0.25, 0.3) is 11.3 Å². The van der Waals surface area contributed by atoms with E-state index in [1.54, 1.807) is 19.1 Å². The van der Waals surface area contributed by atoms with Gasteiger partial charge in [0.15, 0.2) is 0 Å². The van der Waals surface area contributed by atoms with Crippen LogP contribution in [-0.4, -0.2) is 27.7 Å². The number of nitrogens with zero attached hydrogens (tertiary/aromatic N) is 2. The summed E-state index contributed by atoms with van der Waals surface area (Å²) in [7, 11) is 0. The maximum Gasteiger partial charge on any atom is 0.339 e. The molecule has 0 aliphatic carbocycles. The molecule has 0 amide bonds. The van der Waals surface area contributed by atoms with E-state index in [0.29, 0.717) is 23.6 Å². The summed E-state index contributed by atoms with van der Waals surface area (Å²) in [6, 6.07) is 7.20. The lowest BCUT2D eigenvalue weighted by Crippen LogP contribution is -2.09. The lowest BCUT2D eigenvalue weighted by Gasteiger charge is -2.10. The van der Waals surface area contributed by atoms with Gasteiger partial charge in [-0.1, -0.05) is 26.2 Å². The van der Waals surface area contributed by atoms with E-state index < -0.39 is 5.97 Å². The molecule has 1 aromatic carbocycles. The quantitative estimate of drug-likeness (QED) is 0.717. The van der Waals surface area contributed by atoms with E-state index in [0.717, 1.165) is 18.6 Å². The van der Waals surface area contributed by atoms with Crippen molar-refractivity contribution in [1.29, 1.82) is 0 Å². The van der Waals surface area contributed by atoms with Gasteiger partial charge >= 0.3 is 5.97 Å². The minimum Gasteiger partial charge on any atom is -0.494 e. The molecule has 0 radical (unpaired) electrons. The third kappa shape index (κ3) is 4.44. The number of carboxylic acids is 1. The number of rotatable bonds is 8. The highest BCUT2D eigenvalue weighted by Crippen LogP contribution is 2.26. The summed E-state index contributed by atoms with van der Waals surface area (Å²) in [5.41, 5.74) is 7.07. The number of hydrogen-bond donors (Lipinski definition) is 2. The maximum atomic E-state index is 11.5. The van der Waals surface area contributed by atoms with Gasteiger partial charge in [-0.2, -0.15) is 0 Å². The Hall–Kier alpha value is -2.63. The molecule has 0 saturated heterocycles. The summed E-state index contributed by atoms with van der Waals surface area (Å²) in [6.07, 6.45) is 4.60. The molecule has 1 heterocycles. The van der Waals surface area contributed by atoms with Crippen LogP contribution in [0, 0.1) is 6.92 Å². The van der Waals surface area contributed by atoms with Gasteiger partial charge < -0.3 is 15.6 Å². The van der Waals surface area contributed by atoms with Crippen molar-refractivity contribution in [3.8, 4) is 17.0 Å². The molecule has 0 spiro atoms. The normalized spacial score (nSPS) is 10.6. The van der Waals surface area contributed by atoms with Crippen LogP contribution in [0.3, 0.4) is 0 Å². The number of carboxylic acid groups (broad SMARTS) is 1. The number of unbranched alkanes of at least 4 members (excludes halogenated alkanes) is 3. The Labute approximate surface area is 141 Å². The standard InChI is InChI=1S/C18H23N3O3/c1-3-4-5-6-11-24-14-9-7-13(8-10-14)16-15(17(22)23)12(2)20-18(19)21-16/h7-10H,3-6,11H2,1-2H3,(H,22,23)(H2,19,20,21). The molecule has 0 unspecified atom stereocenters. The molecular weight excluding hydrogens is 306 g/mol. The number of benzene rings is 1. The number of nitrogens with two attached hydrogens (primary N) is 1. The maximum absolute atomic E-state index is 11.5. The van der Waals surface area contributed by atoms with Crippen LogP contribution >= 0.6 is 0 Å². The average molecular weight is 329 g/mol. The van der Waals surface area contributed by atoms with Crippen LogP contribution in [0.2, 0.25) is 0 Å². The highest BCUT2D eigenvalue weighted by Gasteiger charge is 2.18. The fourth-order valence-corrected chi connectivity index (χ4v) is 2.49. The van der Waals surface area contributed by atoms with E-state index in [1.165, 1.54) is 12.8 Å². The zero-order valence-corrected chi connectivity index (χ0v) is 14.1. The smallest absolute Gasteiger partial charge is 0.339 e. The Morgan fingerprint density at radius 1 is 1.17 bits per heavy atom. The molecule has 24 heavy (non-hydrogen) atoms. The van der Waals surface area contributed by atoms with Crippen LogP contribution in [0.4, 0.5) is 5.95 Å². The Kier molecular flexibility index (Phi) is 6.12. The molecule has 3 N–H and O–H groups in total. The van der Waals surface area contributed by atoms with Gasteiger partial charge in [0.2, 0.25) is 5.95 Å². The predicted octanol–water partition coefficient (Wildman–Crippen LogP) is 3.69. The third-order valence-electron chi connectivity index (χ3n) is 3.72. The van der Waals surface area contributed by atoms with E-state index in [-0.39, 0.29) is 11.5 Å². The molecule has 0 atom stereocenters. The second kappa shape index (κ2) is 8.29. The van der Waals surface area contributed by atoms with E-state index >= 15 is 0 Å². The number of aryl methyl sites for hydroxylation is 1. The van der Waals surface area contributed by atoms with Crippen molar-refractivity contribution in [2.75, 3.05) is 12.3 Å². The van der Waals surface area contributed by atoms with E-state index in [2.05, 4.69) is 16.9 Å². The molecule has 0 aliphatic heterocycles. The summed E-state index contributed by atoms with van der Waals surface area (Å²) in [6.45, 7) is 4.46. The fourth-order valence-electron chi connectivity index (χ4n) is 2.49. The minimum atomic E-state index is -1.07. The van der Waals surface area contributed by atoms with Crippen molar-refractivity contribution in [2.24, 2.45) is 0 Å². The first-order valence-corrected chi connectivity index (χ1v) is 8.13. The minimum absolute atomic E-state index is 0.0590. The molecule has 0 bridgehead atoms. The fraction of sp³-hybridized carbons (Fsp3) is 0.389. The number of aromatic carboxylic acids is 1. The first kappa shape index (κ1) is 17.7. The Balaban J connectivity index is 2.15. The van der Waals surface area contributed by atoms with Crippen LogP contribution in [0.1, 0.15) is 48.7 Å². The largest absolute Gasteiger partial charge is 0.494 e. The van der Waals surface area contributed by atoms with Gasteiger partial charge in [0.1, 0.15) is 11.3 Å². The lowest BCUT2D eigenvalue weighted by atomic mass is 10.0. The third-order valence-corrected chi connectivity index (χ3v) is 3.72. The highest BCUT2D eigenvalue weighted by molar-refractivity contribution is 5.96. The van der Waals surface area contributed by atoms with Crippen molar-refractivity contribution in [3.05, 3.63) is 35.5 Å². The summed E-state index contributed by atoms with van der Waals surface area (Å²) in [4.78, 5) is 19.5. The van der Waals surface area contributed by atoms with Crippen molar-refractivity contribution in [3.63, 3.8) is 0 Å². The first-order chi connectivity index (χ1) is 11.5. The summed E-state index contributed by atoms with van der Waals surface area (Å²) in [5.74, 6) is -0.256. The van der Waals surface area contributed by atoms with Gasteiger partial charge in [0.05, 0.1) is 18.0 Å². The van der Waals surface area contributed by atoms with Crippen molar-refractivity contribution >= 4 is 11.9 Å². The molecule has 2 rings (SSSR count). The monoisotopic (exact) mass is 329 g/mol. The SMILES string of the molecule is CCCCCCOc1ccc(-c2nc(N)nc(C)c2C(=O)O)cc1. The molecule has 0 fully saturated rings. The van der Waals surface area contributed by atoms with Gasteiger partial charge in [-0.3, -0.25) is 0 Å². The second-order valence-electron chi connectivity index (χ2n) is 5.63. The number of aromatic nitrogens is 2. The highest BCUT2D eigenvalue weighted by atomic mass is 16.5. The lowest BCUT2D eigenvalue weighted by molar-refractivity contribution is 0.0696. The molecule has 1 aromatic heterocycles. The number of anilines is 1. The summed E-state index contributed by atoms with van der Waals surface area (Å²) >= 11 is 0. The number of nitrogen functional groups attached to an aromatic ring is 1. The number of hydrogen-bond acceptors (Lipinski definition) is 5. The zero-order valence-electron chi connectivity index (χ0n) is 14.1. The van der Waals surface area contributed by atoms with Crippen molar-refractivity contribution in [1.82, 2.24) is 9.97 Å². The Bertz CT molecular complexity index is 699. The molecular formula is C18H23N3O3. The predicted molar refractivity (Wildman–Crippen MR) is 93.2 cm³/mol. The molecule has 128 valence electrons. The van der Waals surface area contributed by atoms with Gasteiger partial charge in [-0.25, -0.2) is 14.8 Å². The molecule has 2 aromatic rings. The van der Waals surface area contributed by atoms with Crippen molar-refractivity contribution < 1.29 is 14.6 Å². The van der Waals surface area contributed by atoms with Gasteiger partial charge in [-0.15, -0.1) is 0 Å². The van der Waals surface area contributed by atoms with Crippen LogP contribution in [0.15, 0.2) is 24.3 Å². The van der Waals surface area contributed by atoms with E-state index in [1.807, 2.05) is 12.1 Å². The van der Waals surface area contributed by atoms with Gasteiger partial charge in [0, 0.05) is 5.56 Å². The Morgan fingerprint density at radius 3 is 2.50 bits per heavy atom. The molecule has 0 aliphatic rings. The van der Waals surface area contributed by atoms with Crippen LogP contribution < -0.4 is 10.5 Å². The molecule has 0 saturated carbocycles. The summed E-state index contributed by atoms with van der Waals surface area (Å²) in [5, 5.41) is 9.39. The van der Waals surface area contributed by atoms with Crippen LogP contribution in [-0.2, 0) is 0 Å². The Morgan fingerprint density at radius 2 is 1.88 bits per heavy atom. The second-order valence-corrected chi connectivity index (χ2v) is 5.63. The van der Waals surface area contributed by atoms with Crippen molar-refractivity contribution in [2.45, 2.75) is 39.5 Å². The van der Waals surface area contributed by atoms with E-state index in [9.17, 15) is 9.90 Å².